The summed E-state index contributed by atoms with van der Waals surface area (Å²) >= 11 is 1.34. The molecule has 3 nitrogen and oxygen atoms in total. The van der Waals surface area contributed by atoms with Gasteiger partial charge >= 0.3 is 6.18 Å². The number of ether oxygens (including phenoxy) is 1. The zero-order valence-electron chi connectivity index (χ0n) is 13.4. The molecular weight excluding hydrogens is 351 g/mol. The Morgan fingerprint density at radius 3 is 2.48 bits per heavy atom. The van der Waals surface area contributed by atoms with Gasteiger partial charge in [-0.15, -0.1) is 11.8 Å². The summed E-state index contributed by atoms with van der Waals surface area (Å²) < 4.78 is 45.0. The van der Waals surface area contributed by atoms with E-state index in [0.29, 0.717) is 23.6 Å². The third-order valence-electron chi connectivity index (χ3n) is 4.02. The van der Waals surface area contributed by atoms with E-state index in [4.69, 9.17) is 4.74 Å². The van der Waals surface area contributed by atoms with Crippen molar-refractivity contribution in [2.24, 2.45) is 0 Å². The minimum Gasteiger partial charge on any atom is -0.497 e. The minimum absolute atomic E-state index is 0.124. The fraction of sp³-hybridized carbons (Fsp3) is 0.278. The molecule has 0 spiro atoms. The summed E-state index contributed by atoms with van der Waals surface area (Å²) in [6.45, 7) is 0.409. The molecule has 1 fully saturated rings. The van der Waals surface area contributed by atoms with Gasteiger partial charge < -0.3 is 9.64 Å². The second-order valence-corrected chi connectivity index (χ2v) is 6.72. The smallest absolute Gasteiger partial charge is 0.416 e. The van der Waals surface area contributed by atoms with E-state index < -0.39 is 17.1 Å². The lowest BCUT2D eigenvalue weighted by molar-refractivity contribution is -0.138. The number of methoxy groups -OCH3 is 1. The molecule has 0 aliphatic carbocycles. The number of hydrogen-bond donors (Lipinski definition) is 0. The minimum atomic E-state index is -4.45. The number of thioether (sulfide) groups is 1. The highest BCUT2D eigenvalue weighted by atomic mass is 32.2. The van der Waals surface area contributed by atoms with Crippen molar-refractivity contribution in [2.45, 2.75) is 11.6 Å². The SMILES string of the molecule is COc1ccc(C(=O)N2CCS[C@H]2c2ccccc2C(F)(F)F)cc1. The Morgan fingerprint density at radius 1 is 1.16 bits per heavy atom. The number of halogens is 3. The van der Waals surface area contributed by atoms with Crippen LogP contribution in [-0.2, 0) is 6.18 Å². The number of nitrogens with zero attached hydrogens (tertiary/aromatic N) is 1. The molecule has 1 aliphatic heterocycles. The van der Waals surface area contributed by atoms with Gasteiger partial charge in [0, 0.05) is 17.9 Å². The van der Waals surface area contributed by atoms with Crippen molar-refractivity contribution < 1.29 is 22.7 Å². The molecule has 0 aromatic heterocycles. The van der Waals surface area contributed by atoms with Gasteiger partial charge in [-0.2, -0.15) is 13.2 Å². The summed E-state index contributed by atoms with van der Waals surface area (Å²) in [5.74, 6) is 0.930. The van der Waals surface area contributed by atoms with Crippen LogP contribution in [0.1, 0.15) is 26.9 Å². The van der Waals surface area contributed by atoms with Crippen molar-refractivity contribution in [1.29, 1.82) is 0 Å². The number of hydrogen-bond acceptors (Lipinski definition) is 3. The Labute approximate surface area is 147 Å². The summed E-state index contributed by atoms with van der Waals surface area (Å²) in [4.78, 5) is 14.3. The Balaban J connectivity index is 1.92. The largest absolute Gasteiger partial charge is 0.497 e. The van der Waals surface area contributed by atoms with Gasteiger partial charge in [0.15, 0.2) is 0 Å². The summed E-state index contributed by atoms with van der Waals surface area (Å²) in [5.41, 5.74) is -0.140. The molecular formula is C18H16F3NO2S. The van der Waals surface area contributed by atoms with Crippen molar-refractivity contribution in [1.82, 2.24) is 4.90 Å². The van der Waals surface area contributed by atoms with Gasteiger partial charge in [0.05, 0.1) is 12.7 Å². The lowest BCUT2D eigenvalue weighted by Crippen LogP contribution is -2.31. The first kappa shape index (κ1) is 17.7. The van der Waals surface area contributed by atoms with Crippen LogP contribution in [0.3, 0.4) is 0 Å². The molecule has 0 radical (unpaired) electrons. The highest BCUT2D eigenvalue weighted by Crippen LogP contribution is 2.44. The molecule has 2 aromatic carbocycles. The first-order chi connectivity index (χ1) is 11.9. The van der Waals surface area contributed by atoms with E-state index in [1.54, 1.807) is 30.3 Å². The average molecular weight is 367 g/mol. The number of amides is 1. The highest BCUT2D eigenvalue weighted by Gasteiger charge is 2.39. The number of rotatable bonds is 3. The third-order valence-corrected chi connectivity index (χ3v) is 5.26. The fourth-order valence-electron chi connectivity index (χ4n) is 2.81. The molecule has 0 bridgehead atoms. The molecule has 1 atom stereocenters. The van der Waals surface area contributed by atoms with Crippen molar-refractivity contribution in [2.75, 3.05) is 19.4 Å². The van der Waals surface area contributed by atoms with E-state index in [0.717, 1.165) is 6.07 Å². The fourth-order valence-corrected chi connectivity index (χ4v) is 4.10. The third kappa shape index (κ3) is 3.61. The van der Waals surface area contributed by atoms with Crippen molar-refractivity contribution in [3.8, 4) is 5.75 Å². The van der Waals surface area contributed by atoms with Crippen LogP contribution >= 0.6 is 11.8 Å². The summed E-state index contributed by atoms with van der Waals surface area (Å²) in [6, 6.07) is 12.0. The summed E-state index contributed by atoms with van der Waals surface area (Å²) in [7, 11) is 1.53. The van der Waals surface area contributed by atoms with E-state index in [9.17, 15) is 18.0 Å². The van der Waals surface area contributed by atoms with E-state index in [2.05, 4.69) is 0 Å². The summed E-state index contributed by atoms with van der Waals surface area (Å²) in [6.07, 6.45) is -4.45. The maximum atomic E-state index is 13.3. The molecule has 1 amide bonds. The Morgan fingerprint density at radius 2 is 1.84 bits per heavy atom. The molecule has 1 heterocycles. The maximum Gasteiger partial charge on any atom is 0.416 e. The van der Waals surface area contributed by atoms with Crippen LogP contribution in [0.4, 0.5) is 13.2 Å². The van der Waals surface area contributed by atoms with Crippen LogP contribution in [0.2, 0.25) is 0 Å². The first-order valence-corrected chi connectivity index (χ1v) is 8.69. The second-order valence-electron chi connectivity index (χ2n) is 5.54. The van der Waals surface area contributed by atoms with E-state index in [1.165, 1.54) is 35.9 Å². The van der Waals surface area contributed by atoms with Crippen molar-refractivity contribution >= 4 is 17.7 Å². The van der Waals surface area contributed by atoms with Gasteiger partial charge in [-0.25, -0.2) is 0 Å². The standard InChI is InChI=1S/C18H16F3NO2S/c1-24-13-8-6-12(7-9-13)16(23)22-10-11-25-17(22)14-4-2-3-5-15(14)18(19,20)21/h2-9,17H,10-11H2,1H3/t17-/m0/s1. The monoisotopic (exact) mass is 367 g/mol. The van der Waals surface area contributed by atoms with Gasteiger partial charge in [-0.05, 0) is 35.9 Å². The number of benzene rings is 2. The van der Waals surface area contributed by atoms with E-state index in [1.807, 2.05) is 0 Å². The van der Waals surface area contributed by atoms with Crippen LogP contribution in [0, 0.1) is 0 Å². The predicted octanol–water partition coefficient (Wildman–Crippen LogP) is 4.60. The topological polar surface area (TPSA) is 29.5 Å². The predicted molar refractivity (Wildman–Crippen MR) is 90.7 cm³/mol. The lowest BCUT2D eigenvalue weighted by Gasteiger charge is -2.26. The van der Waals surface area contributed by atoms with E-state index >= 15 is 0 Å². The van der Waals surface area contributed by atoms with Crippen molar-refractivity contribution in [3.05, 3.63) is 65.2 Å². The van der Waals surface area contributed by atoms with Crippen molar-refractivity contribution in [3.63, 3.8) is 0 Å². The molecule has 132 valence electrons. The zero-order chi connectivity index (χ0) is 18.0. The normalized spacial score (nSPS) is 17.6. The zero-order valence-corrected chi connectivity index (χ0v) is 14.2. The number of carbonyl (C=O) groups is 1. The highest BCUT2D eigenvalue weighted by molar-refractivity contribution is 7.99. The number of alkyl halides is 3. The molecule has 0 saturated carbocycles. The molecule has 7 heteroatoms. The van der Waals surface area contributed by atoms with Crippen LogP contribution in [-0.4, -0.2) is 30.2 Å². The molecule has 1 aliphatic rings. The van der Waals surface area contributed by atoms with Crippen LogP contribution in [0.15, 0.2) is 48.5 Å². The van der Waals surface area contributed by atoms with E-state index in [-0.39, 0.29) is 11.5 Å². The Kier molecular flexibility index (Phi) is 4.94. The molecule has 3 rings (SSSR count). The maximum absolute atomic E-state index is 13.3. The Hall–Kier alpha value is -2.15. The van der Waals surface area contributed by atoms with Gasteiger partial charge in [0.2, 0.25) is 0 Å². The van der Waals surface area contributed by atoms with Gasteiger partial charge in [0.1, 0.15) is 11.1 Å². The number of carbonyl (C=O) groups excluding carboxylic acids is 1. The quantitative estimate of drug-likeness (QED) is 0.794. The van der Waals surface area contributed by atoms with Crippen LogP contribution in [0.5, 0.6) is 5.75 Å². The molecule has 2 aromatic rings. The summed E-state index contributed by atoms with van der Waals surface area (Å²) in [5, 5.41) is -0.646. The van der Waals surface area contributed by atoms with Crippen LogP contribution in [0.25, 0.3) is 0 Å². The van der Waals surface area contributed by atoms with Gasteiger partial charge in [-0.3, -0.25) is 4.79 Å². The molecule has 1 saturated heterocycles. The van der Waals surface area contributed by atoms with Gasteiger partial charge in [-0.1, -0.05) is 18.2 Å². The first-order valence-electron chi connectivity index (χ1n) is 7.64. The second kappa shape index (κ2) is 7.00. The Bertz CT molecular complexity index is 762. The average Bonchev–Trinajstić information content (AvgIpc) is 3.10. The molecule has 0 N–H and O–H groups in total. The lowest BCUT2D eigenvalue weighted by atomic mass is 10.1. The molecule has 25 heavy (non-hydrogen) atoms. The van der Waals surface area contributed by atoms with Crippen LogP contribution < -0.4 is 4.74 Å². The molecule has 0 unspecified atom stereocenters. The van der Waals surface area contributed by atoms with Gasteiger partial charge in [0.25, 0.3) is 5.91 Å².